The van der Waals surface area contributed by atoms with Crippen LogP contribution in [-0.4, -0.2) is 25.7 Å². The van der Waals surface area contributed by atoms with Gasteiger partial charge in [0.25, 0.3) is 11.5 Å². The van der Waals surface area contributed by atoms with Gasteiger partial charge < -0.3 is 20.5 Å². The van der Waals surface area contributed by atoms with Crippen molar-refractivity contribution in [3.63, 3.8) is 0 Å². The fourth-order valence-electron chi connectivity index (χ4n) is 2.84. The zero-order chi connectivity index (χ0) is 19.0. The summed E-state index contributed by atoms with van der Waals surface area (Å²) in [6.45, 7) is 0. The van der Waals surface area contributed by atoms with Crippen LogP contribution in [-0.2, 0) is 0 Å². The molecule has 0 aliphatic rings. The summed E-state index contributed by atoms with van der Waals surface area (Å²) in [5, 5.41) is 22.2. The smallest absolute Gasteiger partial charge is 0.272 e. The molecule has 0 atom stereocenters. The van der Waals surface area contributed by atoms with Gasteiger partial charge in [-0.1, -0.05) is 0 Å². The molecule has 27 heavy (non-hydrogen) atoms. The molecule has 0 unspecified atom stereocenters. The van der Waals surface area contributed by atoms with Gasteiger partial charge in [0.2, 0.25) is 0 Å². The van der Waals surface area contributed by atoms with E-state index in [0.717, 1.165) is 0 Å². The van der Waals surface area contributed by atoms with Crippen molar-refractivity contribution in [3.05, 3.63) is 82.8 Å². The van der Waals surface area contributed by atoms with Crippen LogP contribution in [0.25, 0.3) is 16.7 Å². The summed E-state index contributed by atoms with van der Waals surface area (Å²) in [5.41, 5.74) is 1.60. The number of aromatic nitrogens is 2. The number of nitrogens with one attached hydrogen (secondary N) is 2. The molecule has 2 aromatic carbocycles. The number of pyridine rings is 1. The number of phenolic OH excluding ortho intramolecular Hbond substituents is 2. The van der Waals surface area contributed by atoms with Crippen LogP contribution < -0.4 is 10.9 Å². The van der Waals surface area contributed by atoms with Crippen molar-refractivity contribution in [2.24, 2.45) is 0 Å². The topological polar surface area (TPSA) is 107 Å². The summed E-state index contributed by atoms with van der Waals surface area (Å²) in [6, 6.07) is 17.1. The molecule has 0 spiro atoms. The zero-order valence-corrected chi connectivity index (χ0v) is 14.0. The van der Waals surface area contributed by atoms with E-state index in [-0.39, 0.29) is 28.7 Å². The van der Waals surface area contributed by atoms with Gasteiger partial charge in [0, 0.05) is 17.1 Å². The first-order valence-corrected chi connectivity index (χ1v) is 8.16. The van der Waals surface area contributed by atoms with Crippen LogP contribution in [0.5, 0.6) is 11.5 Å². The maximum Gasteiger partial charge on any atom is 0.272 e. The maximum absolute atomic E-state index is 12.5. The Kier molecular flexibility index (Phi) is 3.89. The molecule has 4 N–H and O–H groups in total. The minimum atomic E-state index is -0.374. The van der Waals surface area contributed by atoms with Crippen molar-refractivity contribution in [1.82, 2.24) is 9.55 Å². The maximum atomic E-state index is 12.5. The lowest BCUT2D eigenvalue weighted by molar-refractivity contribution is 0.102. The number of hydrogen-bond donors (Lipinski definition) is 4. The molecule has 0 aliphatic carbocycles. The van der Waals surface area contributed by atoms with E-state index < -0.39 is 0 Å². The fourth-order valence-corrected chi connectivity index (χ4v) is 2.84. The number of rotatable bonds is 3. The van der Waals surface area contributed by atoms with Crippen molar-refractivity contribution in [3.8, 4) is 17.2 Å². The van der Waals surface area contributed by atoms with Gasteiger partial charge in [0.05, 0.1) is 5.69 Å². The first-order chi connectivity index (χ1) is 13.0. The van der Waals surface area contributed by atoms with Gasteiger partial charge in [-0.05, 0) is 60.7 Å². The molecule has 0 fully saturated rings. The number of aromatic amines is 1. The summed E-state index contributed by atoms with van der Waals surface area (Å²) in [5.74, 6) is -0.169. The van der Waals surface area contributed by atoms with Crippen molar-refractivity contribution >= 4 is 22.6 Å². The van der Waals surface area contributed by atoms with Crippen LogP contribution in [0, 0.1) is 0 Å². The highest BCUT2D eigenvalue weighted by molar-refractivity contribution is 6.05. The van der Waals surface area contributed by atoms with Gasteiger partial charge in [-0.25, -0.2) is 0 Å². The van der Waals surface area contributed by atoms with Crippen LogP contribution in [0.15, 0.2) is 71.5 Å². The lowest BCUT2D eigenvalue weighted by atomic mass is 10.2. The molecule has 2 heterocycles. The number of fused-ring (bicyclic) bond motifs is 1. The van der Waals surface area contributed by atoms with Crippen molar-refractivity contribution in [1.29, 1.82) is 0 Å². The molecule has 4 aromatic rings. The van der Waals surface area contributed by atoms with Crippen LogP contribution in [0.3, 0.4) is 0 Å². The Morgan fingerprint density at radius 2 is 1.52 bits per heavy atom. The molecular weight excluding hydrogens is 346 g/mol. The second-order valence-corrected chi connectivity index (χ2v) is 6.01. The quantitative estimate of drug-likeness (QED) is 0.421. The molecule has 0 saturated carbocycles. The second kappa shape index (κ2) is 6.38. The van der Waals surface area contributed by atoms with E-state index in [1.807, 2.05) is 0 Å². The molecule has 0 bridgehead atoms. The van der Waals surface area contributed by atoms with Crippen LogP contribution in [0.4, 0.5) is 5.69 Å². The molecule has 134 valence electrons. The molecule has 0 aliphatic heterocycles. The van der Waals surface area contributed by atoms with E-state index in [9.17, 15) is 19.8 Å². The van der Waals surface area contributed by atoms with Crippen LogP contribution >= 0.6 is 0 Å². The second-order valence-electron chi connectivity index (χ2n) is 6.01. The standard InChI is InChI=1S/C20H15N3O4/c24-15-6-2-13(3-7-15)21-20(27)17-11-12-1-10-18(26)23(19(12)22-17)14-4-8-16(25)9-5-14/h1-11,22,24-25H,(H,21,27). The van der Waals surface area contributed by atoms with Crippen molar-refractivity contribution < 1.29 is 15.0 Å². The minimum Gasteiger partial charge on any atom is -0.508 e. The summed E-state index contributed by atoms with van der Waals surface area (Å²) in [4.78, 5) is 27.9. The van der Waals surface area contributed by atoms with E-state index in [1.165, 1.54) is 34.9 Å². The number of H-pyrrole nitrogens is 1. The zero-order valence-electron chi connectivity index (χ0n) is 14.0. The van der Waals surface area contributed by atoms with Gasteiger partial charge in [-0.3, -0.25) is 14.2 Å². The third-order valence-corrected chi connectivity index (χ3v) is 4.15. The van der Waals surface area contributed by atoms with Gasteiger partial charge in [0.1, 0.15) is 22.8 Å². The Hall–Kier alpha value is -4.00. The minimum absolute atomic E-state index is 0.0967. The molecule has 7 heteroatoms. The summed E-state index contributed by atoms with van der Waals surface area (Å²) in [7, 11) is 0. The monoisotopic (exact) mass is 361 g/mol. The van der Waals surface area contributed by atoms with Gasteiger partial charge in [-0.15, -0.1) is 0 Å². The number of carbonyl (C=O) groups excluding carboxylic acids is 1. The summed E-state index contributed by atoms with van der Waals surface area (Å²) >= 11 is 0. The van der Waals surface area contributed by atoms with Crippen LogP contribution in [0.2, 0.25) is 0 Å². The summed E-state index contributed by atoms with van der Waals surface area (Å²) < 4.78 is 1.44. The number of benzene rings is 2. The molecule has 7 nitrogen and oxygen atoms in total. The van der Waals surface area contributed by atoms with Gasteiger partial charge in [-0.2, -0.15) is 0 Å². The Morgan fingerprint density at radius 3 is 2.19 bits per heavy atom. The van der Waals surface area contributed by atoms with Crippen molar-refractivity contribution in [2.45, 2.75) is 0 Å². The van der Waals surface area contributed by atoms with E-state index in [2.05, 4.69) is 10.3 Å². The lowest BCUT2D eigenvalue weighted by Crippen LogP contribution is -2.17. The highest BCUT2D eigenvalue weighted by Crippen LogP contribution is 2.20. The lowest BCUT2D eigenvalue weighted by Gasteiger charge is -2.07. The largest absolute Gasteiger partial charge is 0.508 e. The number of amides is 1. The molecule has 2 aromatic heterocycles. The average Bonchev–Trinajstić information content (AvgIpc) is 3.09. The first kappa shape index (κ1) is 16.5. The number of nitrogens with zero attached hydrogens (tertiary/aromatic N) is 1. The predicted octanol–water partition coefficient (Wildman–Crippen LogP) is 2.98. The molecule has 4 rings (SSSR count). The fraction of sp³-hybridized carbons (Fsp3) is 0. The number of hydrogen-bond acceptors (Lipinski definition) is 4. The third-order valence-electron chi connectivity index (χ3n) is 4.15. The van der Waals surface area contributed by atoms with E-state index in [4.69, 9.17) is 0 Å². The number of carbonyl (C=O) groups is 1. The third kappa shape index (κ3) is 3.13. The number of anilines is 1. The van der Waals surface area contributed by atoms with Crippen molar-refractivity contribution in [2.75, 3.05) is 5.32 Å². The Morgan fingerprint density at radius 1 is 0.889 bits per heavy atom. The average molecular weight is 361 g/mol. The SMILES string of the molecule is O=C(Nc1ccc(O)cc1)c1cc2ccc(=O)n(-c3ccc(O)cc3)c2[nH]1. The highest BCUT2D eigenvalue weighted by atomic mass is 16.3. The Balaban J connectivity index is 1.75. The van der Waals surface area contributed by atoms with E-state index in [0.29, 0.717) is 22.4 Å². The van der Waals surface area contributed by atoms with Gasteiger partial charge in [0.15, 0.2) is 0 Å². The molecule has 0 saturated heterocycles. The number of aromatic hydroxyl groups is 2. The summed E-state index contributed by atoms with van der Waals surface area (Å²) in [6.07, 6.45) is 0. The Labute approximate surface area is 153 Å². The van der Waals surface area contributed by atoms with E-state index in [1.54, 1.807) is 36.4 Å². The molecule has 1 amide bonds. The Bertz CT molecular complexity index is 1190. The molecular formula is C20H15N3O4. The predicted molar refractivity (Wildman–Crippen MR) is 102 cm³/mol. The van der Waals surface area contributed by atoms with Crippen LogP contribution in [0.1, 0.15) is 10.5 Å². The van der Waals surface area contributed by atoms with Gasteiger partial charge >= 0.3 is 0 Å². The first-order valence-electron chi connectivity index (χ1n) is 8.16. The van der Waals surface area contributed by atoms with E-state index >= 15 is 0 Å². The highest BCUT2D eigenvalue weighted by Gasteiger charge is 2.14. The normalized spacial score (nSPS) is 10.8. The number of phenols is 2. The molecule has 0 radical (unpaired) electrons.